The second kappa shape index (κ2) is 10.9. The Bertz CT molecular complexity index is 539. The van der Waals surface area contributed by atoms with Crippen LogP contribution in [0.2, 0.25) is 0 Å². The molecule has 138 valence electrons. The van der Waals surface area contributed by atoms with Crippen LogP contribution in [0.5, 0.6) is 11.5 Å². The molecule has 0 spiro atoms. The first-order chi connectivity index (χ1) is 10.9. The van der Waals surface area contributed by atoms with Gasteiger partial charge in [-0.2, -0.15) is 11.8 Å². The molecule has 0 aromatic heterocycles. The van der Waals surface area contributed by atoms with Crippen LogP contribution in [0.3, 0.4) is 0 Å². The molecule has 1 aromatic rings. The number of nitrogens with one attached hydrogen (secondary N) is 1. The summed E-state index contributed by atoms with van der Waals surface area (Å²) in [6, 6.07) is 5.86. The molecular weight excluding hydrogens is 437 g/mol. The fourth-order valence-electron chi connectivity index (χ4n) is 2.06. The molecule has 0 heterocycles. The lowest BCUT2D eigenvalue weighted by Crippen LogP contribution is -2.43. The van der Waals surface area contributed by atoms with E-state index in [-0.39, 0.29) is 28.7 Å². The fraction of sp³-hybridized carbons (Fsp3) is 0.588. The maximum atomic E-state index is 5.46. The number of hydrogen-bond acceptors (Lipinski definition) is 4. The van der Waals surface area contributed by atoms with Gasteiger partial charge in [0.25, 0.3) is 0 Å². The van der Waals surface area contributed by atoms with E-state index in [1.807, 2.05) is 37.0 Å². The van der Waals surface area contributed by atoms with Crippen LogP contribution in [0.1, 0.15) is 19.4 Å². The van der Waals surface area contributed by atoms with Gasteiger partial charge in [-0.15, -0.1) is 24.0 Å². The van der Waals surface area contributed by atoms with Crippen LogP contribution in [0.4, 0.5) is 0 Å². The number of nitrogens with zero attached hydrogens (tertiary/aromatic N) is 2. The Morgan fingerprint density at radius 3 is 2.46 bits per heavy atom. The summed E-state index contributed by atoms with van der Waals surface area (Å²) in [5.74, 6) is 2.47. The van der Waals surface area contributed by atoms with Crippen LogP contribution in [0.25, 0.3) is 0 Å². The molecule has 7 heteroatoms. The molecule has 1 rings (SSSR count). The van der Waals surface area contributed by atoms with Crippen LogP contribution < -0.4 is 14.8 Å². The summed E-state index contributed by atoms with van der Waals surface area (Å²) >= 11 is 1.84. The summed E-state index contributed by atoms with van der Waals surface area (Å²) in [7, 11) is 7.15. The van der Waals surface area contributed by atoms with E-state index in [0.29, 0.717) is 6.54 Å². The lowest BCUT2D eigenvalue weighted by atomic mass is 10.2. The van der Waals surface area contributed by atoms with Gasteiger partial charge in [0, 0.05) is 43.6 Å². The molecule has 24 heavy (non-hydrogen) atoms. The minimum absolute atomic E-state index is 0. The third-order valence-electron chi connectivity index (χ3n) is 3.70. The number of thioether (sulfide) groups is 1. The highest BCUT2D eigenvalue weighted by atomic mass is 127. The summed E-state index contributed by atoms with van der Waals surface area (Å²) in [5, 5.41) is 3.43. The summed E-state index contributed by atoms with van der Waals surface area (Å²) in [6.45, 7) is 5.98. The largest absolute Gasteiger partial charge is 0.497 e. The molecule has 0 saturated carbocycles. The Balaban J connectivity index is 0.00000529. The van der Waals surface area contributed by atoms with Gasteiger partial charge in [0.2, 0.25) is 0 Å². The van der Waals surface area contributed by atoms with E-state index in [0.717, 1.165) is 29.6 Å². The zero-order valence-corrected chi connectivity index (χ0v) is 18.8. The minimum Gasteiger partial charge on any atom is -0.497 e. The van der Waals surface area contributed by atoms with Gasteiger partial charge in [-0.3, -0.25) is 4.99 Å². The fourth-order valence-corrected chi connectivity index (χ4v) is 2.28. The van der Waals surface area contributed by atoms with Gasteiger partial charge in [-0.1, -0.05) is 0 Å². The first-order valence-corrected chi connectivity index (χ1v) is 8.77. The quantitative estimate of drug-likeness (QED) is 0.378. The number of halogens is 1. The average Bonchev–Trinajstić information content (AvgIpc) is 2.55. The highest BCUT2D eigenvalue weighted by molar-refractivity contribution is 14.0. The lowest BCUT2D eigenvalue weighted by molar-refractivity contribution is 0.382. The number of hydrogen-bond donors (Lipinski definition) is 1. The van der Waals surface area contributed by atoms with Crippen molar-refractivity contribution in [3.63, 3.8) is 0 Å². The van der Waals surface area contributed by atoms with Crippen molar-refractivity contribution in [2.45, 2.75) is 25.1 Å². The molecule has 0 unspecified atom stereocenters. The lowest BCUT2D eigenvalue weighted by Gasteiger charge is -2.28. The minimum atomic E-state index is 0. The van der Waals surface area contributed by atoms with Gasteiger partial charge in [0.05, 0.1) is 14.2 Å². The predicted molar refractivity (Wildman–Crippen MR) is 115 cm³/mol. The van der Waals surface area contributed by atoms with Crippen molar-refractivity contribution in [2.75, 3.05) is 41.1 Å². The monoisotopic (exact) mass is 467 g/mol. The summed E-state index contributed by atoms with van der Waals surface area (Å²) in [6.07, 6.45) is 2.12. The van der Waals surface area contributed by atoms with Crippen LogP contribution in [0.15, 0.2) is 23.2 Å². The van der Waals surface area contributed by atoms with Gasteiger partial charge in [0.15, 0.2) is 5.96 Å². The Morgan fingerprint density at radius 1 is 1.29 bits per heavy atom. The first-order valence-electron chi connectivity index (χ1n) is 7.54. The van der Waals surface area contributed by atoms with Crippen molar-refractivity contribution < 1.29 is 9.47 Å². The Kier molecular flexibility index (Phi) is 10.5. The topological polar surface area (TPSA) is 46.1 Å². The second-order valence-electron chi connectivity index (χ2n) is 5.90. The van der Waals surface area contributed by atoms with E-state index < -0.39 is 0 Å². The Labute approximate surface area is 167 Å². The van der Waals surface area contributed by atoms with Gasteiger partial charge in [-0.05, 0) is 32.2 Å². The van der Waals surface area contributed by atoms with Crippen molar-refractivity contribution in [2.24, 2.45) is 4.99 Å². The zero-order valence-electron chi connectivity index (χ0n) is 15.7. The maximum absolute atomic E-state index is 5.46. The van der Waals surface area contributed by atoms with E-state index in [9.17, 15) is 0 Å². The van der Waals surface area contributed by atoms with E-state index in [4.69, 9.17) is 9.47 Å². The third kappa shape index (κ3) is 6.96. The molecule has 0 radical (unpaired) electrons. The molecule has 0 bridgehead atoms. The molecule has 5 nitrogen and oxygen atoms in total. The number of rotatable bonds is 7. The standard InChI is InChI=1S/C17H29N3O2S.HI/c1-17(2,23-7)12-19-16(18-3)20(4)11-13-8-9-14(21-5)10-15(13)22-6;/h8-10H,11-12H2,1-7H3,(H,18,19);1H. The molecule has 0 aliphatic rings. The third-order valence-corrected chi connectivity index (χ3v) is 4.95. The van der Waals surface area contributed by atoms with E-state index in [2.05, 4.69) is 35.3 Å². The Hall–Kier alpha value is -0.830. The Morgan fingerprint density at radius 2 is 1.96 bits per heavy atom. The van der Waals surface area contributed by atoms with E-state index >= 15 is 0 Å². The maximum Gasteiger partial charge on any atom is 0.193 e. The molecule has 0 aliphatic carbocycles. The molecule has 0 atom stereocenters. The van der Waals surface area contributed by atoms with Crippen LogP contribution in [-0.2, 0) is 6.54 Å². The number of guanidine groups is 1. The van der Waals surface area contributed by atoms with Gasteiger partial charge in [0.1, 0.15) is 11.5 Å². The molecule has 0 aliphatic heterocycles. The highest BCUT2D eigenvalue weighted by Gasteiger charge is 2.18. The number of aliphatic imine (C=N–C) groups is 1. The van der Waals surface area contributed by atoms with Crippen molar-refractivity contribution in [1.82, 2.24) is 10.2 Å². The molecule has 1 aromatic carbocycles. The summed E-state index contributed by atoms with van der Waals surface area (Å²) < 4.78 is 10.9. The molecule has 0 amide bonds. The van der Waals surface area contributed by atoms with Gasteiger partial charge < -0.3 is 19.7 Å². The summed E-state index contributed by atoms with van der Waals surface area (Å²) in [4.78, 5) is 6.45. The van der Waals surface area contributed by atoms with Crippen molar-refractivity contribution in [3.8, 4) is 11.5 Å². The number of ether oxygens (including phenoxy) is 2. The smallest absolute Gasteiger partial charge is 0.193 e. The predicted octanol–water partition coefficient (Wildman–Crippen LogP) is 3.47. The second-order valence-corrected chi connectivity index (χ2v) is 7.41. The van der Waals surface area contributed by atoms with Crippen molar-refractivity contribution >= 4 is 41.7 Å². The van der Waals surface area contributed by atoms with Crippen LogP contribution >= 0.6 is 35.7 Å². The summed E-state index contributed by atoms with van der Waals surface area (Å²) in [5.41, 5.74) is 1.09. The molecular formula is C17H30IN3O2S. The van der Waals surface area contributed by atoms with Crippen molar-refractivity contribution in [1.29, 1.82) is 0 Å². The van der Waals surface area contributed by atoms with Gasteiger partial charge >= 0.3 is 0 Å². The average molecular weight is 467 g/mol. The van der Waals surface area contributed by atoms with Gasteiger partial charge in [-0.25, -0.2) is 0 Å². The zero-order chi connectivity index (χ0) is 17.5. The highest BCUT2D eigenvalue weighted by Crippen LogP contribution is 2.25. The normalized spacial score (nSPS) is 11.5. The van der Waals surface area contributed by atoms with E-state index in [1.54, 1.807) is 21.3 Å². The molecule has 0 fully saturated rings. The first kappa shape index (κ1) is 23.2. The van der Waals surface area contributed by atoms with Crippen LogP contribution in [0, 0.1) is 0 Å². The van der Waals surface area contributed by atoms with Crippen LogP contribution in [-0.4, -0.2) is 56.7 Å². The number of methoxy groups -OCH3 is 2. The molecule has 0 saturated heterocycles. The van der Waals surface area contributed by atoms with Crippen molar-refractivity contribution in [3.05, 3.63) is 23.8 Å². The van der Waals surface area contributed by atoms with E-state index in [1.165, 1.54) is 0 Å². The molecule has 1 N–H and O–H groups in total. The SMILES string of the molecule is CN=C(NCC(C)(C)SC)N(C)Cc1ccc(OC)cc1OC.I. The number of benzene rings is 1.